The van der Waals surface area contributed by atoms with Crippen molar-refractivity contribution in [1.82, 2.24) is 15.2 Å². The zero-order valence-electron chi connectivity index (χ0n) is 14.0. The minimum Gasteiger partial charge on any atom is -0.396 e. The molecule has 0 amide bonds. The van der Waals surface area contributed by atoms with E-state index in [0.717, 1.165) is 4.90 Å². The van der Waals surface area contributed by atoms with E-state index in [1.165, 1.54) is 11.8 Å². The van der Waals surface area contributed by atoms with Crippen molar-refractivity contribution in [2.75, 3.05) is 18.2 Å². The van der Waals surface area contributed by atoms with E-state index in [0.29, 0.717) is 28.0 Å². The van der Waals surface area contributed by atoms with Crippen molar-refractivity contribution in [3.8, 4) is 0 Å². The quantitative estimate of drug-likeness (QED) is 0.431. The second kappa shape index (κ2) is 6.91. The fourth-order valence-electron chi connectivity index (χ4n) is 2.76. The third-order valence-electron chi connectivity index (χ3n) is 4.13. The second-order valence-corrected chi connectivity index (χ2v) is 6.80. The van der Waals surface area contributed by atoms with Crippen LogP contribution in [0.5, 0.6) is 0 Å². The number of nitrogens with zero attached hydrogens (tertiary/aromatic N) is 1. The predicted octanol–water partition coefficient (Wildman–Crippen LogP) is 2.31. The molecule has 3 rings (SSSR count). The number of aliphatic hydroxyl groups is 2. The molecule has 7 nitrogen and oxygen atoms in total. The van der Waals surface area contributed by atoms with Crippen LogP contribution in [0.2, 0.25) is 0 Å². The maximum Gasteiger partial charge on any atom is 0.261 e. The topological polar surface area (TPSA) is 114 Å². The van der Waals surface area contributed by atoms with E-state index in [1.807, 2.05) is 24.5 Å². The van der Waals surface area contributed by atoms with E-state index in [1.54, 1.807) is 19.2 Å². The second-order valence-electron chi connectivity index (χ2n) is 5.96. The van der Waals surface area contributed by atoms with Crippen molar-refractivity contribution in [1.29, 1.82) is 0 Å². The van der Waals surface area contributed by atoms with Crippen LogP contribution < -0.4 is 10.9 Å². The van der Waals surface area contributed by atoms with Crippen molar-refractivity contribution in [3.63, 3.8) is 0 Å². The van der Waals surface area contributed by atoms with Crippen molar-refractivity contribution >= 4 is 34.2 Å². The Morgan fingerprint density at radius 3 is 2.88 bits per heavy atom. The minimum atomic E-state index is -1.16. The van der Waals surface area contributed by atoms with Gasteiger partial charge in [-0.25, -0.2) is 0 Å². The van der Waals surface area contributed by atoms with E-state index in [2.05, 4.69) is 20.5 Å². The summed E-state index contributed by atoms with van der Waals surface area (Å²) < 4.78 is 0. The lowest BCUT2D eigenvalue weighted by Gasteiger charge is -2.26. The van der Waals surface area contributed by atoms with Gasteiger partial charge in [0, 0.05) is 29.8 Å². The highest BCUT2D eigenvalue weighted by molar-refractivity contribution is 7.98. The van der Waals surface area contributed by atoms with Gasteiger partial charge in [0.15, 0.2) is 5.82 Å². The number of nitrogens with one attached hydrogen (secondary N) is 3. The maximum absolute atomic E-state index is 12.0. The van der Waals surface area contributed by atoms with Crippen molar-refractivity contribution in [2.24, 2.45) is 0 Å². The number of aromatic amines is 2. The molecule has 0 aliphatic rings. The number of pyridine rings is 1. The Kier molecular flexibility index (Phi) is 4.85. The third kappa shape index (κ3) is 3.41. The molecule has 1 aromatic carbocycles. The van der Waals surface area contributed by atoms with Gasteiger partial charge in [-0.3, -0.25) is 9.89 Å². The van der Waals surface area contributed by atoms with Crippen LogP contribution >= 0.6 is 11.8 Å². The summed E-state index contributed by atoms with van der Waals surface area (Å²) in [6.07, 6.45) is 3.72. The summed E-state index contributed by atoms with van der Waals surface area (Å²) in [6, 6.07) is 7.32. The number of aromatic nitrogens is 3. The lowest BCUT2D eigenvalue weighted by molar-refractivity contribution is 0.0276. The van der Waals surface area contributed by atoms with Gasteiger partial charge in [0.1, 0.15) is 5.39 Å². The number of benzene rings is 1. The predicted molar refractivity (Wildman–Crippen MR) is 99.5 cm³/mol. The normalized spacial score (nSPS) is 13.8. The Hall–Kier alpha value is -2.29. The minimum absolute atomic E-state index is 0.113. The molecule has 1 atom stereocenters. The van der Waals surface area contributed by atoms with Gasteiger partial charge < -0.3 is 20.5 Å². The number of hydrogen-bond donors (Lipinski definition) is 5. The monoisotopic (exact) mass is 360 g/mol. The van der Waals surface area contributed by atoms with E-state index >= 15 is 0 Å². The summed E-state index contributed by atoms with van der Waals surface area (Å²) in [5, 5.41) is 30.5. The molecule has 0 saturated heterocycles. The molecule has 0 bridgehead atoms. The molecule has 132 valence electrons. The van der Waals surface area contributed by atoms with Gasteiger partial charge in [0.2, 0.25) is 0 Å². The fraction of sp³-hybridized carbons (Fsp3) is 0.294. The van der Waals surface area contributed by atoms with Crippen LogP contribution in [0.3, 0.4) is 0 Å². The number of H-pyrrole nitrogens is 2. The molecule has 0 fully saturated rings. The summed E-state index contributed by atoms with van der Waals surface area (Å²) in [5.41, 5.74) is 0.660. The Morgan fingerprint density at radius 1 is 1.36 bits per heavy atom. The molecule has 2 heterocycles. The van der Waals surface area contributed by atoms with E-state index in [4.69, 9.17) is 0 Å². The Labute approximate surface area is 148 Å². The van der Waals surface area contributed by atoms with Gasteiger partial charge >= 0.3 is 0 Å². The largest absolute Gasteiger partial charge is 0.396 e. The van der Waals surface area contributed by atoms with Crippen LogP contribution in [0, 0.1) is 0 Å². The molecule has 2 aromatic heterocycles. The van der Waals surface area contributed by atoms with Crippen molar-refractivity contribution in [3.05, 3.63) is 46.4 Å². The first-order valence-corrected chi connectivity index (χ1v) is 9.03. The van der Waals surface area contributed by atoms with E-state index in [-0.39, 0.29) is 18.6 Å². The zero-order chi connectivity index (χ0) is 18.0. The number of fused-ring (bicyclic) bond motifs is 1. The van der Waals surface area contributed by atoms with Crippen molar-refractivity contribution in [2.45, 2.75) is 23.8 Å². The zero-order valence-corrected chi connectivity index (χ0v) is 14.8. The van der Waals surface area contributed by atoms with Crippen LogP contribution in [-0.2, 0) is 5.60 Å². The molecule has 0 aliphatic carbocycles. The van der Waals surface area contributed by atoms with Gasteiger partial charge in [0.05, 0.1) is 11.1 Å². The highest BCUT2D eigenvalue weighted by Crippen LogP contribution is 2.35. The highest BCUT2D eigenvalue weighted by atomic mass is 32.2. The van der Waals surface area contributed by atoms with Crippen LogP contribution in [0.1, 0.15) is 18.9 Å². The Balaban J connectivity index is 2.02. The number of rotatable bonds is 6. The lowest BCUT2D eigenvalue weighted by Crippen LogP contribution is -2.23. The van der Waals surface area contributed by atoms with E-state index < -0.39 is 5.60 Å². The summed E-state index contributed by atoms with van der Waals surface area (Å²) in [5.74, 6) is 0.418. The van der Waals surface area contributed by atoms with Crippen LogP contribution in [0.25, 0.3) is 10.9 Å². The third-order valence-corrected chi connectivity index (χ3v) is 4.92. The van der Waals surface area contributed by atoms with Gasteiger partial charge in [-0.1, -0.05) is 0 Å². The SMILES string of the molecule is CSc1ccc(Nc2n[nH]c3cc[nH]c(=O)c23)cc1C(C)(O)CCO. The van der Waals surface area contributed by atoms with E-state index in [9.17, 15) is 15.0 Å². The summed E-state index contributed by atoms with van der Waals surface area (Å²) >= 11 is 1.52. The summed E-state index contributed by atoms with van der Waals surface area (Å²) in [6.45, 7) is 1.56. The average Bonchev–Trinajstić information content (AvgIpc) is 2.99. The Bertz CT molecular complexity index is 948. The summed E-state index contributed by atoms with van der Waals surface area (Å²) in [4.78, 5) is 15.6. The highest BCUT2D eigenvalue weighted by Gasteiger charge is 2.26. The number of anilines is 2. The molecular weight excluding hydrogens is 340 g/mol. The molecule has 1 unspecified atom stereocenters. The first kappa shape index (κ1) is 17.5. The Morgan fingerprint density at radius 2 is 2.16 bits per heavy atom. The maximum atomic E-state index is 12.0. The molecule has 3 aromatic rings. The van der Waals surface area contributed by atoms with Gasteiger partial charge in [0.25, 0.3) is 5.56 Å². The first-order valence-electron chi connectivity index (χ1n) is 7.81. The fourth-order valence-corrected chi connectivity index (χ4v) is 3.47. The molecule has 5 N–H and O–H groups in total. The van der Waals surface area contributed by atoms with Gasteiger partial charge in [-0.05, 0) is 43.0 Å². The molecule has 0 spiro atoms. The standard InChI is InChI=1S/C17H20N4O3S/c1-17(24,6-8-22)11-9-10(3-4-13(11)25-2)19-15-14-12(20-21-15)5-7-18-16(14)23/h3-5,7,9,22,24H,6,8H2,1-2H3,(H,18,23)(H2,19,20,21). The number of thioether (sulfide) groups is 1. The van der Waals surface area contributed by atoms with Crippen LogP contribution in [-0.4, -0.2) is 38.3 Å². The molecule has 0 aliphatic heterocycles. The molecule has 8 heteroatoms. The lowest BCUT2D eigenvalue weighted by atomic mass is 9.92. The van der Waals surface area contributed by atoms with Crippen LogP contribution in [0.4, 0.5) is 11.5 Å². The van der Waals surface area contributed by atoms with Crippen molar-refractivity contribution < 1.29 is 10.2 Å². The molecule has 0 radical (unpaired) electrons. The average molecular weight is 360 g/mol. The first-order chi connectivity index (χ1) is 12.0. The number of hydrogen-bond acceptors (Lipinski definition) is 6. The molecule has 0 saturated carbocycles. The van der Waals surface area contributed by atoms with Crippen LogP contribution in [0.15, 0.2) is 40.2 Å². The van der Waals surface area contributed by atoms with Gasteiger partial charge in [-0.2, -0.15) is 5.10 Å². The molecule has 25 heavy (non-hydrogen) atoms. The number of aliphatic hydroxyl groups excluding tert-OH is 1. The molecular formula is C17H20N4O3S. The smallest absolute Gasteiger partial charge is 0.261 e. The van der Waals surface area contributed by atoms with Gasteiger partial charge in [-0.15, -0.1) is 11.8 Å². The summed E-state index contributed by atoms with van der Waals surface area (Å²) in [7, 11) is 0.